The van der Waals surface area contributed by atoms with Gasteiger partial charge in [0.25, 0.3) is 0 Å². The Morgan fingerprint density at radius 3 is 2.64 bits per heavy atom. The molecule has 11 heavy (non-hydrogen) atoms. The van der Waals surface area contributed by atoms with E-state index in [0.29, 0.717) is 15.0 Å². The second kappa shape index (κ2) is 5.02. The molecule has 56 valence electrons. The van der Waals surface area contributed by atoms with E-state index in [-0.39, 0.29) is 0 Å². The van der Waals surface area contributed by atoms with Crippen molar-refractivity contribution >= 4 is 15.0 Å². The topological polar surface area (TPSA) is 0 Å². The van der Waals surface area contributed by atoms with Gasteiger partial charge >= 0.3 is 73.8 Å². The fourth-order valence-electron chi connectivity index (χ4n) is 0.689. The van der Waals surface area contributed by atoms with E-state index >= 15 is 0 Å². The van der Waals surface area contributed by atoms with E-state index in [1.54, 1.807) is 0 Å². The van der Waals surface area contributed by atoms with Crippen LogP contribution in [-0.2, 0) is 0 Å². The van der Waals surface area contributed by atoms with Gasteiger partial charge in [0, 0.05) is 0 Å². The van der Waals surface area contributed by atoms with Crippen LogP contribution >= 0.6 is 0 Å². The number of hydrogen-bond donors (Lipinski definition) is 0. The summed E-state index contributed by atoms with van der Waals surface area (Å²) in [5, 5.41) is 1.20. The normalized spacial score (nSPS) is 8.45. The third-order valence-corrected chi connectivity index (χ3v) is 2.31. The van der Waals surface area contributed by atoms with Gasteiger partial charge in [-0.3, -0.25) is 0 Å². The summed E-state index contributed by atoms with van der Waals surface area (Å²) in [6.07, 6.45) is 0. The second-order valence-corrected chi connectivity index (χ2v) is 4.27. The molecule has 0 amide bonds. The first-order valence-electron chi connectivity index (χ1n) is 3.61. The van der Waals surface area contributed by atoms with Crippen LogP contribution in [-0.4, -0.2) is 15.0 Å². The summed E-state index contributed by atoms with van der Waals surface area (Å²) < 4.78 is 0. The van der Waals surface area contributed by atoms with Crippen LogP contribution in [0, 0.1) is 10.7 Å². The van der Waals surface area contributed by atoms with Gasteiger partial charge in [-0.15, -0.1) is 0 Å². The van der Waals surface area contributed by atoms with Crippen LogP contribution in [0.5, 0.6) is 0 Å². The molecule has 0 heterocycles. The summed E-state index contributed by atoms with van der Waals surface area (Å²) >= 11 is 0.510. The van der Waals surface area contributed by atoms with E-state index in [2.05, 4.69) is 17.7 Å². The zero-order chi connectivity index (χ0) is 7.94. The predicted molar refractivity (Wildman–Crippen MR) is 49.6 cm³/mol. The first-order valence-corrected chi connectivity index (χ1v) is 5.68. The van der Waals surface area contributed by atoms with Crippen LogP contribution in [0.3, 0.4) is 0 Å². The zero-order valence-corrected chi connectivity index (χ0v) is 8.22. The molecule has 0 aliphatic carbocycles. The summed E-state index contributed by atoms with van der Waals surface area (Å²) in [6.45, 7) is 2.17. The van der Waals surface area contributed by atoms with Crippen molar-refractivity contribution in [2.24, 2.45) is 0 Å². The Bertz CT molecular complexity index is 253. The molecular weight excluding hydrogens is 199 g/mol. The molecule has 0 unspecified atom stereocenters. The molecule has 0 atom stereocenters. The number of benzene rings is 1. The Morgan fingerprint density at radius 2 is 2.00 bits per heavy atom. The summed E-state index contributed by atoms with van der Waals surface area (Å²) in [7, 11) is 0. The van der Waals surface area contributed by atoms with Gasteiger partial charge in [-0.05, 0) is 0 Å². The third-order valence-electron chi connectivity index (χ3n) is 1.19. The maximum atomic E-state index is 3.16. The SMILES string of the molecule is CC[Se]C#Cc1ccccc1. The molecule has 0 aliphatic rings. The van der Waals surface area contributed by atoms with Crippen LogP contribution in [0.2, 0.25) is 5.32 Å². The predicted octanol–water partition coefficient (Wildman–Crippen LogP) is 2.14. The van der Waals surface area contributed by atoms with E-state index in [1.165, 1.54) is 5.32 Å². The van der Waals surface area contributed by atoms with Gasteiger partial charge in [0.1, 0.15) is 0 Å². The van der Waals surface area contributed by atoms with Gasteiger partial charge in [0.15, 0.2) is 0 Å². The first-order chi connectivity index (χ1) is 5.43. The molecule has 0 aliphatic heterocycles. The monoisotopic (exact) mass is 210 g/mol. The van der Waals surface area contributed by atoms with Crippen molar-refractivity contribution in [3.05, 3.63) is 35.9 Å². The molecule has 0 fully saturated rings. The van der Waals surface area contributed by atoms with Crippen LogP contribution in [0.15, 0.2) is 30.3 Å². The first kappa shape index (κ1) is 8.40. The zero-order valence-electron chi connectivity index (χ0n) is 6.50. The summed E-state index contributed by atoms with van der Waals surface area (Å²) in [5.74, 6) is 3.12. The average Bonchev–Trinajstić information content (AvgIpc) is 2.07. The molecule has 1 heteroatoms. The minimum atomic E-state index is 0.510. The Balaban J connectivity index is 2.59. The molecule has 0 bridgehead atoms. The Hall–Kier alpha value is -0.701. The van der Waals surface area contributed by atoms with E-state index in [1.807, 2.05) is 30.3 Å². The van der Waals surface area contributed by atoms with E-state index in [9.17, 15) is 0 Å². The Morgan fingerprint density at radius 1 is 1.27 bits per heavy atom. The second-order valence-electron chi connectivity index (χ2n) is 2.03. The van der Waals surface area contributed by atoms with Crippen molar-refractivity contribution < 1.29 is 0 Å². The minimum absolute atomic E-state index is 0.510. The van der Waals surface area contributed by atoms with Crippen molar-refractivity contribution in [3.8, 4) is 10.7 Å². The van der Waals surface area contributed by atoms with Crippen molar-refractivity contribution in [2.45, 2.75) is 12.2 Å². The van der Waals surface area contributed by atoms with Crippen LogP contribution in [0.1, 0.15) is 12.5 Å². The molecular formula is C10H10Se. The molecule has 0 aromatic heterocycles. The molecule has 1 rings (SSSR count). The molecule has 0 spiro atoms. The van der Waals surface area contributed by atoms with Crippen molar-refractivity contribution in [1.82, 2.24) is 0 Å². The molecule has 0 saturated carbocycles. The van der Waals surface area contributed by atoms with Gasteiger partial charge in [0.2, 0.25) is 0 Å². The van der Waals surface area contributed by atoms with Gasteiger partial charge in [-0.1, -0.05) is 0 Å². The van der Waals surface area contributed by atoms with Crippen LogP contribution in [0.25, 0.3) is 0 Å². The van der Waals surface area contributed by atoms with Crippen LogP contribution in [0.4, 0.5) is 0 Å². The van der Waals surface area contributed by atoms with Gasteiger partial charge in [0.05, 0.1) is 0 Å². The summed E-state index contributed by atoms with van der Waals surface area (Å²) in [4.78, 5) is 3.16. The molecule has 0 radical (unpaired) electrons. The maximum absolute atomic E-state index is 3.16. The summed E-state index contributed by atoms with van der Waals surface area (Å²) in [6, 6.07) is 10.1. The quantitative estimate of drug-likeness (QED) is 0.491. The molecule has 1 aromatic rings. The van der Waals surface area contributed by atoms with Gasteiger partial charge < -0.3 is 0 Å². The van der Waals surface area contributed by atoms with Crippen LogP contribution < -0.4 is 0 Å². The number of rotatable bonds is 1. The summed E-state index contributed by atoms with van der Waals surface area (Å²) in [5.41, 5.74) is 1.13. The van der Waals surface area contributed by atoms with Crippen molar-refractivity contribution in [1.29, 1.82) is 0 Å². The van der Waals surface area contributed by atoms with Gasteiger partial charge in [-0.2, -0.15) is 0 Å². The molecule has 0 N–H and O–H groups in total. The average molecular weight is 209 g/mol. The van der Waals surface area contributed by atoms with Crippen molar-refractivity contribution in [2.75, 3.05) is 0 Å². The van der Waals surface area contributed by atoms with Gasteiger partial charge in [-0.25, -0.2) is 0 Å². The molecule has 0 saturated heterocycles. The standard InChI is InChI=1S/C10H10Se/c1-2-11-9-8-10-6-4-3-5-7-10/h3-7H,2H2,1H3. The van der Waals surface area contributed by atoms with E-state index < -0.39 is 0 Å². The fourth-order valence-corrected chi connectivity index (χ4v) is 1.39. The molecule has 1 aromatic carbocycles. The molecule has 0 nitrogen and oxygen atoms in total. The Kier molecular flexibility index (Phi) is 3.83. The Labute approximate surface area is 74.2 Å². The number of hydrogen-bond acceptors (Lipinski definition) is 0. The van der Waals surface area contributed by atoms with E-state index in [4.69, 9.17) is 0 Å². The van der Waals surface area contributed by atoms with E-state index in [0.717, 1.165) is 5.56 Å². The fraction of sp³-hybridized carbons (Fsp3) is 0.200. The van der Waals surface area contributed by atoms with Crippen molar-refractivity contribution in [3.63, 3.8) is 0 Å². The third kappa shape index (κ3) is 3.28.